The van der Waals surface area contributed by atoms with Gasteiger partial charge in [-0.25, -0.2) is 4.79 Å². The average molecular weight is 652 g/mol. The number of likely N-dealkylation sites (tertiary alicyclic amines) is 1. The Bertz CT molecular complexity index is 1360. The molecule has 1 aliphatic heterocycles. The number of aliphatic hydroxyl groups excluding tert-OH is 1. The van der Waals surface area contributed by atoms with Crippen molar-refractivity contribution in [2.24, 2.45) is 5.92 Å². The SMILES string of the molecule is CC(NC(=O)OCc1ccccc1)C(=O)NC(C(=O)NC(Cc1ccccc1)C(O)C(=O)N1CCCC1C(=O)NC(C)(C)C)C(C)C. The third-order valence-corrected chi connectivity index (χ3v) is 7.78. The zero-order valence-corrected chi connectivity index (χ0v) is 28.1. The number of alkyl carbamates (subject to hydrolysis) is 1. The van der Waals surface area contributed by atoms with Gasteiger partial charge in [-0.3, -0.25) is 19.2 Å². The van der Waals surface area contributed by atoms with Crippen LogP contribution in [-0.4, -0.2) is 82.1 Å². The van der Waals surface area contributed by atoms with Gasteiger partial charge in [-0.1, -0.05) is 74.5 Å². The molecule has 0 aromatic heterocycles. The van der Waals surface area contributed by atoms with Crippen LogP contribution in [0.2, 0.25) is 0 Å². The lowest BCUT2D eigenvalue weighted by molar-refractivity contribution is -0.147. The smallest absolute Gasteiger partial charge is 0.408 e. The summed E-state index contributed by atoms with van der Waals surface area (Å²) >= 11 is 0. The second-order valence-corrected chi connectivity index (χ2v) is 13.3. The number of nitrogens with zero attached hydrogens (tertiary/aromatic N) is 1. The molecule has 47 heavy (non-hydrogen) atoms. The molecular weight excluding hydrogens is 602 g/mol. The molecule has 3 rings (SSSR count). The van der Waals surface area contributed by atoms with Gasteiger partial charge in [0.2, 0.25) is 17.7 Å². The highest BCUT2D eigenvalue weighted by atomic mass is 16.5. The summed E-state index contributed by atoms with van der Waals surface area (Å²) in [5.74, 6) is -2.56. The van der Waals surface area contributed by atoms with Crippen molar-refractivity contribution in [3.05, 3.63) is 71.8 Å². The lowest BCUT2D eigenvalue weighted by Gasteiger charge is -2.33. The predicted octanol–water partition coefficient (Wildman–Crippen LogP) is 2.44. The van der Waals surface area contributed by atoms with Gasteiger partial charge in [-0.15, -0.1) is 0 Å². The zero-order chi connectivity index (χ0) is 34.7. The number of amides is 5. The normalized spacial score (nSPS) is 17.2. The molecule has 0 radical (unpaired) electrons. The fourth-order valence-electron chi connectivity index (χ4n) is 5.30. The quantitative estimate of drug-likeness (QED) is 0.222. The monoisotopic (exact) mass is 651 g/mol. The van der Waals surface area contributed by atoms with Crippen molar-refractivity contribution < 1.29 is 33.8 Å². The molecule has 1 fully saturated rings. The summed E-state index contributed by atoms with van der Waals surface area (Å²) in [7, 11) is 0. The molecule has 2 aromatic carbocycles. The van der Waals surface area contributed by atoms with E-state index in [1.54, 1.807) is 26.0 Å². The number of aliphatic hydroxyl groups is 1. The van der Waals surface area contributed by atoms with E-state index < -0.39 is 59.6 Å². The highest BCUT2D eigenvalue weighted by Crippen LogP contribution is 2.21. The van der Waals surface area contributed by atoms with Gasteiger partial charge in [0.1, 0.15) is 24.7 Å². The molecule has 0 bridgehead atoms. The second-order valence-electron chi connectivity index (χ2n) is 13.3. The average Bonchev–Trinajstić information content (AvgIpc) is 3.52. The molecule has 0 saturated carbocycles. The van der Waals surface area contributed by atoms with Gasteiger partial charge >= 0.3 is 6.09 Å². The lowest BCUT2D eigenvalue weighted by atomic mass is 9.97. The van der Waals surface area contributed by atoms with Crippen LogP contribution in [0.5, 0.6) is 0 Å². The van der Waals surface area contributed by atoms with Crippen molar-refractivity contribution in [1.29, 1.82) is 0 Å². The van der Waals surface area contributed by atoms with Crippen molar-refractivity contribution >= 4 is 29.7 Å². The molecule has 12 nitrogen and oxygen atoms in total. The molecule has 12 heteroatoms. The lowest BCUT2D eigenvalue weighted by Crippen LogP contribution is -2.60. The third-order valence-electron chi connectivity index (χ3n) is 7.78. The summed E-state index contributed by atoms with van der Waals surface area (Å²) < 4.78 is 5.20. The molecule has 1 saturated heterocycles. The first-order valence-electron chi connectivity index (χ1n) is 16.1. The van der Waals surface area contributed by atoms with Crippen LogP contribution >= 0.6 is 0 Å². The number of hydrogen-bond acceptors (Lipinski definition) is 7. The standard InChI is InChI=1S/C35H49N5O7/c1-22(2)28(38-30(42)23(3)36-34(46)47-21-25-16-11-8-12-17-25)32(44)37-26(20-24-14-9-7-10-15-24)29(41)33(45)40-19-13-18-27(40)31(43)39-35(4,5)6/h7-12,14-17,22-23,26-29,41H,13,18-21H2,1-6H3,(H,36,46)(H,37,44)(H,38,42)(H,39,43). The van der Waals surface area contributed by atoms with Gasteiger partial charge in [-0.2, -0.15) is 0 Å². The van der Waals surface area contributed by atoms with Gasteiger partial charge in [0.25, 0.3) is 5.91 Å². The number of benzene rings is 2. The molecule has 5 atom stereocenters. The predicted molar refractivity (Wildman–Crippen MR) is 177 cm³/mol. The summed E-state index contributed by atoms with van der Waals surface area (Å²) in [6, 6.07) is 14.3. The van der Waals surface area contributed by atoms with Gasteiger partial charge < -0.3 is 36.0 Å². The van der Waals surface area contributed by atoms with Crippen LogP contribution in [0, 0.1) is 5.92 Å². The Morgan fingerprint density at radius 1 is 0.872 bits per heavy atom. The van der Waals surface area contributed by atoms with E-state index in [2.05, 4.69) is 21.3 Å². The fraction of sp³-hybridized carbons (Fsp3) is 0.514. The maximum atomic E-state index is 13.7. The minimum atomic E-state index is -1.66. The number of carbonyl (C=O) groups excluding carboxylic acids is 5. The molecule has 5 N–H and O–H groups in total. The van der Waals surface area contributed by atoms with Crippen molar-refractivity contribution in [3.63, 3.8) is 0 Å². The van der Waals surface area contributed by atoms with Crippen molar-refractivity contribution in [2.75, 3.05) is 6.54 Å². The summed E-state index contributed by atoms with van der Waals surface area (Å²) in [6.45, 7) is 10.8. The van der Waals surface area contributed by atoms with E-state index in [-0.39, 0.29) is 24.9 Å². The summed E-state index contributed by atoms with van der Waals surface area (Å²) in [4.78, 5) is 67.1. The van der Waals surface area contributed by atoms with Crippen molar-refractivity contribution in [2.45, 2.75) is 103 Å². The topological polar surface area (TPSA) is 166 Å². The van der Waals surface area contributed by atoms with Crippen LogP contribution in [0.4, 0.5) is 4.79 Å². The van der Waals surface area contributed by atoms with Crippen LogP contribution in [0.15, 0.2) is 60.7 Å². The highest BCUT2D eigenvalue weighted by molar-refractivity contribution is 5.93. The Morgan fingerprint density at radius 2 is 1.47 bits per heavy atom. The van der Waals surface area contributed by atoms with E-state index >= 15 is 0 Å². The zero-order valence-electron chi connectivity index (χ0n) is 28.1. The van der Waals surface area contributed by atoms with E-state index in [0.29, 0.717) is 19.4 Å². The number of ether oxygens (including phenoxy) is 1. The van der Waals surface area contributed by atoms with Crippen LogP contribution in [0.25, 0.3) is 0 Å². The molecule has 0 aliphatic carbocycles. The molecule has 5 unspecified atom stereocenters. The number of rotatable bonds is 13. The molecular formula is C35H49N5O7. The van der Waals surface area contributed by atoms with Crippen LogP contribution in [0.3, 0.4) is 0 Å². The highest BCUT2D eigenvalue weighted by Gasteiger charge is 2.41. The van der Waals surface area contributed by atoms with Gasteiger partial charge in [0.15, 0.2) is 6.10 Å². The Hall–Kier alpha value is -4.45. The van der Waals surface area contributed by atoms with E-state index in [9.17, 15) is 29.1 Å². The summed E-state index contributed by atoms with van der Waals surface area (Å²) in [5, 5.41) is 22.3. The van der Waals surface area contributed by atoms with Crippen molar-refractivity contribution in [3.8, 4) is 0 Å². The fourth-order valence-corrected chi connectivity index (χ4v) is 5.30. The number of hydrogen-bond donors (Lipinski definition) is 5. The Balaban J connectivity index is 1.70. The maximum absolute atomic E-state index is 13.7. The van der Waals surface area contributed by atoms with Gasteiger partial charge in [0, 0.05) is 12.1 Å². The van der Waals surface area contributed by atoms with Gasteiger partial charge in [0.05, 0.1) is 6.04 Å². The first-order chi connectivity index (χ1) is 22.2. The molecule has 5 amide bonds. The summed E-state index contributed by atoms with van der Waals surface area (Å²) in [6.07, 6.45) is -1.27. The molecule has 1 heterocycles. The maximum Gasteiger partial charge on any atom is 0.408 e. The van der Waals surface area contributed by atoms with Crippen LogP contribution in [0.1, 0.15) is 65.5 Å². The molecule has 0 spiro atoms. The molecule has 2 aromatic rings. The minimum Gasteiger partial charge on any atom is -0.445 e. The largest absolute Gasteiger partial charge is 0.445 e. The van der Waals surface area contributed by atoms with Gasteiger partial charge in [-0.05, 0) is 64.0 Å². The van der Waals surface area contributed by atoms with E-state index in [1.165, 1.54) is 11.8 Å². The Kier molecular flexibility index (Phi) is 13.3. The first kappa shape index (κ1) is 37.0. The van der Waals surface area contributed by atoms with E-state index in [1.807, 2.05) is 69.3 Å². The third kappa shape index (κ3) is 11.4. The summed E-state index contributed by atoms with van der Waals surface area (Å²) in [5.41, 5.74) is 1.06. The first-order valence-corrected chi connectivity index (χ1v) is 16.1. The second kappa shape index (κ2) is 16.9. The van der Waals surface area contributed by atoms with Crippen molar-refractivity contribution in [1.82, 2.24) is 26.2 Å². The Labute approximate surface area is 277 Å². The Morgan fingerprint density at radius 3 is 2.04 bits per heavy atom. The van der Waals surface area contributed by atoms with Crippen LogP contribution < -0.4 is 21.3 Å². The minimum absolute atomic E-state index is 0.0291. The molecule has 1 aliphatic rings. The van der Waals surface area contributed by atoms with Crippen LogP contribution in [-0.2, 0) is 36.9 Å². The van der Waals surface area contributed by atoms with E-state index in [0.717, 1.165) is 11.1 Å². The van der Waals surface area contributed by atoms with E-state index in [4.69, 9.17) is 4.74 Å². The number of nitrogens with one attached hydrogen (secondary N) is 4. The molecule has 256 valence electrons. The number of carbonyl (C=O) groups is 5.